The van der Waals surface area contributed by atoms with E-state index in [2.05, 4.69) is 11.4 Å². The molecular formula is C19H25N3O2. The molecule has 1 atom stereocenters. The van der Waals surface area contributed by atoms with Crippen LogP contribution in [0, 0.1) is 16.7 Å². The molecule has 1 aromatic rings. The first-order valence-corrected chi connectivity index (χ1v) is 8.54. The van der Waals surface area contributed by atoms with Crippen molar-refractivity contribution in [2.45, 2.75) is 45.6 Å². The molecule has 1 heterocycles. The number of likely N-dealkylation sites (tertiary alicyclic amines) is 1. The standard InChI is InChI=1S/C19H25N3O2/c1-3-15(2)21-18(24)19(14-20)9-11-22(12-10-19)17(23)13-16-7-5-4-6-8-16/h4-8,15H,3,9-13H2,1-2H3,(H,21,24)/t15-/m1/s1. The molecule has 128 valence electrons. The van der Waals surface area contributed by atoms with Gasteiger partial charge in [-0.05, 0) is 31.7 Å². The van der Waals surface area contributed by atoms with Gasteiger partial charge in [-0.2, -0.15) is 5.26 Å². The molecule has 2 rings (SSSR count). The van der Waals surface area contributed by atoms with Crippen molar-refractivity contribution in [1.82, 2.24) is 10.2 Å². The van der Waals surface area contributed by atoms with Gasteiger partial charge in [-0.3, -0.25) is 9.59 Å². The molecule has 0 unspecified atom stereocenters. The summed E-state index contributed by atoms with van der Waals surface area (Å²) in [5, 5.41) is 12.5. The van der Waals surface area contributed by atoms with Gasteiger partial charge in [-0.15, -0.1) is 0 Å². The number of hydrogen-bond acceptors (Lipinski definition) is 3. The topological polar surface area (TPSA) is 73.2 Å². The van der Waals surface area contributed by atoms with E-state index >= 15 is 0 Å². The Morgan fingerprint density at radius 3 is 2.46 bits per heavy atom. The van der Waals surface area contributed by atoms with Gasteiger partial charge in [0.15, 0.2) is 0 Å². The van der Waals surface area contributed by atoms with Crippen molar-refractivity contribution < 1.29 is 9.59 Å². The molecule has 1 aliphatic heterocycles. The molecule has 0 spiro atoms. The normalized spacial score (nSPS) is 17.6. The van der Waals surface area contributed by atoms with Gasteiger partial charge in [-0.1, -0.05) is 37.3 Å². The highest BCUT2D eigenvalue weighted by Gasteiger charge is 2.42. The molecule has 1 aromatic carbocycles. The smallest absolute Gasteiger partial charge is 0.240 e. The van der Waals surface area contributed by atoms with E-state index in [4.69, 9.17) is 0 Å². The summed E-state index contributed by atoms with van der Waals surface area (Å²) in [5.41, 5.74) is -0.0263. The third kappa shape index (κ3) is 4.14. The minimum absolute atomic E-state index is 0.0510. The fourth-order valence-electron chi connectivity index (χ4n) is 2.87. The second kappa shape index (κ2) is 7.96. The number of nitriles is 1. The lowest BCUT2D eigenvalue weighted by molar-refractivity contribution is -0.137. The number of benzene rings is 1. The summed E-state index contributed by atoms with van der Waals surface area (Å²) in [6, 6.07) is 11.9. The molecule has 0 bridgehead atoms. The van der Waals surface area contributed by atoms with Gasteiger partial charge in [0, 0.05) is 19.1 Å². The quantitative estimate of drug-likeness (QED) is 0.901. The first-order valence-electron chi connectivity index (χ1n) is 8.54. The zero-order valence-electron chi connectivity index (χ0n) is 14.4. The number of amides is 2. The van der Waals surface area contributed by atoms with Crippen molar-refractivity contribution in [3.8, 4) is 6.07 Å². The van der Waals surface area contributed by atoms with Crippen LogP contribution >= 0.6 is 0 Å². The zero-order chi connectivity index (χ0) is 17.6. The van der Waals surface area contributed by atoms with E-state index in [0.29, 0.717) is 32.4 Å². The Hall–Kier alpha value is -2.35. The van der Waals surface area contributed by atoms with Crippen LogP contribution in [0.4, 0.5) is 0 Å². The van der Waals surface area contributed by atoms with Crippen molar-refractivity contribution in [1.29, 1.82) is 5.26 Å². The minimum atomic E-state index is -1.01. The maximum Gasteiger partial charge on any atom is 0.240 e. The van der Waals surface area contributed by atoms with Crippen LogP contribution in [0.3, 0.4) is 0 Å². The van der Waals surface area contributed by atoms with E-state index < -0.39 is 5.41 Å². The molecule has 1 aliphatic rings. The van der Waals surface area contributed by atoms with Crippen LogP contribution in [0.15, 0.2) is 30.3 Å². The fourth-order valence-corrected chi connectivity index (χ4v) is 2.87. The van der Waals surface area contributed by atoms with Gasteiger partial charge in [0.05, 0.1) is 12.5 Å². The average Bonchev–Trinajstić information content (AvgIpc) is 2.62. The van der Waals surface area contributed by atoms with Crippen molar-refractivity contribution >= 4 is 11.8 Å². The van der Waals surface area contributed by atoms with E-state index in [-0.39, 0.29) is 17.9 Å². The first-order chi connectivity index (χ1) is 11.5. The Kier molecular flexibility index (Phi) is 5.97. The van der Waals surface area contributed by atoms with Crippen LogP contribution in [0.2, 0.25) is 0 Å². The fraction of sp³-hybridized carbons (Fsp3) is 0.526. The van der Waals surface area contributed by atoms with Crippen LogP contribution in [0.1, 0.15) is 38.7 Å². The van der Waals surface area contributed by atoms with Gasteiger partial charge >= 0.3 is 0 Å². The number of carbonyl (C=O) groups excluding carboxylic acids is 2. The van der Waals surface area contributed by atoms with E-state index in [9.17, 15) is 14.9 Å². The van der Waals surface area contributed by atoms with Gasteiger partial charge in [0.2, 0.25) is 11.8 Å². The van der Waals surface area contributed by atoms with Crippen molar-refractivity contribution in [2.75, 3.05) is 13.1 Å². The number of nitrogens with one attached hydrogen (secondary N) is 1. The van der Waals surface area contributed by atoms with E-state index in [1.54, 1.807) is 4.90 Å². The second-order valence-corrected chi connectivity index (χ2v) is 6.52. The van der Waals surface area contributed by atoms with Crippen molar-refractivity contribution in [3.05, 3.63) is 35.9 Å². The molecule has 0 aromatic heterocycles. The Balaban J connectivity index is 1.94. The highest BCUT2D eigenvalue weighted by atomic mass is 16.2. The molecule has 1 N–H and O–H groups in total. The number of piperidine rings is 1. The van der Waals surface area contributed by atoms with E-state index in [1.807, 2.05) is 44.2 Å². The van der Waals surface area contributed by atoms with Crippen molar-refractivity contribution in [3.63, 3.8) is 0 Å². The van der Waals surface area contributed by atoms with E-state index in [0.717, 1.165) is 12.0 Å². The third-order valence-electron chi connectivity index (χ3n) is 4.81. The monoisotopic (exact) mass is 327 g/mol. The maximum atomic E-state index is 12.5. The molecule has 1 fully saturated rings. The largest absolute Gasteiger partial charge is 0.352 e. The van der Waals surface area contributed by atoms with Crippen LogP contribution < -0.4 is 5.32 Å². The summed E-state index contributed by atoms with van der Waals surface area (Å²) in [4.78, 5) is 26.6. The minimum Gasteiger partial charge on any atom is -0.352 e. The molecule has 0 aliphatic carbocycles. The molecule has 24 heavy (non-hydrogen) atoms. The van der Waals surface area contributed by atoms with Crippen molar-refractivity contribution in [2.24, 2.45) is 5.41 Å². The molecular weight excluding hydrogens is 302 g/mol. The molecule has 0 radical (unpaired) electrons. The summed E-state index contributed by atoms with van der Waals surface area (Å²) in [6.07, 6.45) is 1.98. The number of carbonyl (C=O) groups is 2. The SMILES string of the molecule is CC[C@@H](C)NC(=O)C1(C#N)CCN(C(=O)Cc2ccccc2)CC1. The third-order valence-corrected chi connectivity index (χ3v) is 4.81. The van der Waals surface area contributed by atoms with Crippen LogP contribution in [-0.4, -0.2) is 35.8 Å². The zero-order valence-corrected chi connectivity index (χ0v) is 14.4. The average molecular weight is 327 g/mol. The Morgan fingerprint density at radius 2 is 1.92 bits per heavy atom. The summed E-state index contributed by atoms with van der Waals surface area (Å²) in [6.45, 7) is 4.83. The maximum absolute atomic E-state index is 12.5. The number of hydrogen-bond donors (Lipinski definition) is 1. The molecule has 5 heteroatoms. The van der Waals surface area contributed by atoms with E-state index in [1.165, 1.54) is 0 Å². The predicted octanol–water partition coefficient (Wildman–Crippen LogP) is 2.28. The van der Waals surface area contributed by atoms with Gasteiger partial charge in [0.1, 0.15) is 5.41 Å². The van der Waals surface area contributed by atoms with Gasteiger partial charge < -0.3 is 10.2 Å². The van der Waals surface area contributed by atoms with Gasteiger partial charge in [-0.25, -0.2) is 0 Å². The number of rotatable bonds is 5. The summed E-state index contributed by atoms with van der Waals surface area (Å²) >= 11 is 0. The van der Waals surface area contributed by atoms with Crippen LogP contribution in [0.5, 0.6) is 0 Å². The Morgan fingerprint density at radius 1 is 1.29 bits per heavy atom. The highest BCUT2D eigenvalue weighted by molar-refractivity contribution is 5.86. The van der Waals surface area contributed by atoms with Crippen LogP contribution in [0.25, 0.3) is 0 Å². The molecule has 5 nitrogen and oxygen atoms in total. The lowest BCUT2D eigenvalue weighted by Gasteiger charge is -2.36. The summed E-state index contributed by atoms with van der Waals surface area (Å²) in [7, 11) is 0. The molecule has 0 saturated carbocycles. The first kappa shape index (κ1) is 18.0. The Bertz CT molecular complexity index is 613. The second-order valence-electron chi connectivity index (χ2n) is 6.52. The summed E-state index contributed by atoms with van der Waals surface area (Å²) < 4.78 is 0. The lowest BCUT2D eigenvalue weighted by Crippen LogP contribution is -2.51. The Labute approximate surface area is 143 Å². The highest BCUT2D eigenvalue weighted by Crippen LogP contribution is 2.31. The lowest BCUT2D eigenvalue weighted by atomic mass is 9.78. The molecule has 2 amide bonds. The molecule has 1 saturated heterocycles. The summed E-state index contributed by atoms with van der Waals surface area (Å²) in [5.74, 6) is -0.149. The number of nitrogens with zero attached hydrogens (tertiary/aromatic N) is 2. The predicted molar refractivity (Wildman–Crippen MR) is 91.9 cm³/mol. The van der Waals surface area contributed by atoms with Gasteiger partial charge in [0.25, 0.3) is 0 Å². The van der Waals surface area contributed by atoms with Crippen LogP contribution in [-0.2, 0) is 16.0 Å².